The highest BCUT2D eigenvalue weighted by atomic mass is 14.9. The van der Waals surface area contributed by atoms with Crippen molar-refractivity contribution in [3.63, 3.8) is 0 Å². The minimum absolute atomic E-state index is 1.01. The molecule has 0 aromatic heterocycles. The zero-order valence-electron chi connectivity index (χ0n) is 8.89. The number of hydrogen-bond acceptors (Lipinski definition) is 1. The van der Waals surface area contributed by atoms with Gasteiger partial charge in [-0.3, -0.25) is 0 Å². The molecule has 1 heteroatoms. The first kappa shape index (κ1) is 9.51. The Morgan fingerprint density at radius 3 is 2.31 bits per heavy atom. The van der Waals surface area contributed by atoms with Crippen molar-refractivity contribution in [3.05, 3.63) is 0 Å². The molecule has 0 bridgehead atoms. The van der Waals surface area contributed by atoms with E-state index in [0.29, 0.717) is 0 Å². The van der Waals surface area contributed by atoms with E-state index in [4.69, 9.17) is 0 Å². The Labute approximate surface area is 82.3 Å². The van der Waals surface area contributed by atoms with E-state index in [-0.39, 0.29) is 0 Å². The van der Waals surface area contributed by atoms with Gasteiger partial charge in [-0.2, -0.15) is 0 Å². The Morgan fingerprint density at radius 2 is 1.69 bits per heavy atom. The highest BCUT2D eigenvalue weighted by Gasteiger charge is 2.26. The van der Waals surface area contributed by atoms with E-state index in [1.807, 2.05) is 0 Å². The van der Waals surface area contributed by atoms with E-state index in [2.05, 4.69) is 12.2 Å². The highest BCUT2D eigenvalue weighted by Crippen LogP contribution is 2.35. The molecule has 1 saturated carbocycles. The summed E-state index contributed by atoms with van der Waals surface area (Å²) >= 11 is 0. The van der Waals surface area contributed by atoms with Gasteiger partial charge in [0, 0.05) is 0 Å². The summed E-state index contributed by atoms with van der Waals surface area (Å²) in [6.07, 6.45) is 8.89. The van der Waals surface area contributed by atoms with Crippen LogP contribution in [0.1, 0.15) is 45.4 Å². The maximum atomic E-state index is 3.54. The average molecular weight is 181 g/mol. The van der Waals surface area contributed by atoms with E-state index in [9.17, 15) is 0 Å². The standard InChI is InChI=1S/C12H23N/c1-10-4-6-11(7-5-10)12-3-2-8-13-9-12/h10-13H,2-9H2,1H3. The number of hydrogen-bond donors (Lipinski definition) is 1. The monoisotopic (exact) mass is 181 g/mol. The van der Waals surface area contributed by atoms with Crippen molar-refractivity contribution in [2.45, 2.75) is 45.4 Å². The molecule has 2 aliphatic rings. The van der Waals surface area contributed by atoms with E-state index >= 15 is 0 Å². The molecule has 2 rings (SSSR count). The predicted molar refractivity (Wildman–Crippen MR) is 56.7 cm³/mol. The van der Waals surface area contributed by atoms with E-state index < -0.39 is 0 Å². The average Bonchev–Trinajstić information content (AvgIpc) is 2.20. The lowest BCUT2D eigenvalue weighted by Gasteiger charge is -2.35. The molecule has 0 aromatic carbocycles. The van der Waals surface area contributed by atoms with Crippen molar-refractivity contribution >= 4 is 0 Å². The summed E-state index contributed by atoms with van der Waals surface area (Å²) in [5, 5.41) is 3.54. The Bertz CT molecular complexity index is 141. The van der Waals surface area contributed by atoms with Crippen molar-refractivity contribution in [2.24, 2.45) is 17.8 Å². The molecule has 0 radical (unpaired) electrons. The second kappa shape index (κ2) is 4.45. The smallest absolute Gasteiger partial charge is 0.00179 e. The molecule has 1 nitrogen and oxygen atoms in total. The SMILES string of the molecule is CC1CCC(C2CCCNC2)CC1. The minimum atomic E-state index is 1.01. The Balaban J connectivity index is 1.79. The molecule has 1 aliphatic carbocycles. The van der Waals surface area contributed by atoms with Crippen LogP contribution in [0.4, 0.5) is 0 Å². The van der Waals surface area contributed by atoms with Gasteiger partial charge in [0.25, 0.3) is 0 Å². The van der Waals surface area contributed by atoms with Gasteiger partial charge in [0.05, 0.1) is 0 Å². The molecule has 1 atom stereocenters. The van der Waals surface area contributed by atoms with Crippen LogP contribution in [0.2, 0.25) is 0 Å². The van der Waals surface area contributed by atoms with Crippen LogP contribution < -0.4 is 5.32 Å². The molecule has 0 amide bonds. The van der Waals surface area contributed by atoms with Crippen LogP contribution in [0.5, 0.6) is 0 Å². The molecule has 1 saturated heterocycles. The molecule has 1 unspecified atom stereocenters. The second-order valence-electron chi connectivity index (χ2n) is 5.13. The maximum absolute atomic E-state index is 3.54. The fraction of sp³-hybridized carbons (Fsp3) is 1.00. The first-order valence-corrected chi connectivity index (χ1v) is 6.07. The highest BCUT2D eigenvalue weighted by molar-refractivity contribution is 4.80. The minimum Gasteiger partial charge on any atom is -0.316 e. The molecular formula is C12H23N. The number of nitrogens with one attached hydrogen (secondary N) is 1. The van der Waals surface area contributed by atoms with E-state index in [1.165, 1.54) is 51.6 Å². The van der Waals surface area contributed by atoms with Crippen molar-refractivity contribution < 1.29 is 0 Å². The van der Waals surface area contributed by atoms with Crippen molar-refractivity contribution in [2.75, 3.05) is 13.1 Å². The molecule has 1 aliphatic heterocycles. The molecular weight excluding hydrogens is 158 g/mol. The Morgan fingerprint density at radius 1 is 0.923 bits per heavy atom. The van der Waals surface area contributed by atoms with Gasteiger partial charge >= 0.3 is 0 Å². The van der Waals surface area contributed by atoms with E-state index in [0.717, 1.165) is 17.8 Å². The molecule has 0 aromatic rings. The van der Waals surface area contributed by atoms with E-state index in [1.54, 1.807) is 0 Å². The molecule has 13 heavy (non-hydrogen) atoms. The van der Waals surface area contributed by atoms with Gasteiger partial charge in [0.1, 0.15) is 0 Å². The number of piperidine rings is 1. The second-order valence-corrected chi connectivity index (χ2v) is 5.13. The van der Waals surface area contributed by atoms with Crippen molar-refractivity contribution in [1.29, 1.82) is 0 Å². The first-order chi connectivity index (χ1) is 6.36. The molecule has 1 N–H and O–H groups in total. The lowest BCUT2D eigenvalue weighted by atomic mass is 9.74. The molecule has 1 heterocycles. The van der Waals surface area contributed by atoms with Crippen LogP contribution in [-0.2, 0) is 0 Å². The lowest BCUT2D eigenvalue weighted by molar-refractivity contribution is 0.182. The molecule has 2 fully saturated rings. The maximum Gasteiger partial charge on any atom is -0.00179 e. The molecule has 76 valence electrons. The lowest BCUT2D eigenvalue weighted by Crippen LogP contribution is -2.35. The third-order valence-corrected chi connectivity index (χ3v) is 4.06. The summed E-state index contributed by atoms with van der Waals surface area (Å²) in [6.45, 7) is 4.98. The predicted octanol–water partition coefficient (Wildman–Crippen LogP) is 2.81. The third-order valence-electron chi connectivity index (χ3n) is 4.06. The fourth-order valence-corrected chi connectivity index (χ4v) is 3.04. The third kappa shape index (κ3) is 2.46. The largest absolute Gasteiger partial charge is 0.316 e. The topological polar surface area (TPSA) is 12.0 Å². The zero-order chi connectivity index (χ0) is 9.10. The molecule has 0 spiro atoms. The first-order valence-electron chi connectivity index (χ1n) is 6.07. The van der Waals surface area contributed by atoms with Crippen molar-refractivity contribution in [3.8, 4) is 0 Å². The van der Waals surface area contributed by atoms with Gasteiger partial charge in [-0.25, -0.2) is 0 Å². The van der Waals surface area contributed by atoms with Gasteiger partial charge < -0.3 is 5.32 Å². The van der Waals surface area contributed by atoms with Crippen LogP contribution >= 0.6 is 0 Å². The summed E-state index contributed by atoms with van der Waals surface area (Å²) in [4.78, 5) is 0. The van der Waals surface area contributed by atoms with Gasteiger partial charge in [0.2, 0.25) is 0 Å². The number of rotatable bonds is 1. The normalized spacial score (nSPS) is 41.8. The van der Waals surface area contributed by atoms with Crippen LogP contribution in [0.15, 0.2) is 0 Å². The van der Waals surface area contributed by atoms with Crippen LogP contribution in [0.3, 0.4) is 0 Å². The Hall–Kier alpha value is -0.0400. The van der Waals surface area contributed by atoms with Crippen molar-refractivity contribution in [1.82, 2.24) is 5.32 Å². The summed E-state index contributed by atoms with van der Waals surface area (Å²) in [5.74, 6) is 3.08. The van der Waals surface area contributed by atoms with Crippen LogP contribution in [-0.4, -0.2) is 13.1 Å². The quantitative estimate of drug-likeness (QED) is 0.656. The van der Waals surface area contributed by atoms with Gasteiger partial charge in [-0.15, -0.1) is 0 Å². The zero-order valence-corrected chi connectivity index (χ0v) is 8.89. The van der Waals surface area contributed by atoms with Gasteiger partial charge in [0.15, 0.2) is 0 Å². The summed E-state index contributed by atoms with van der Waals surface area (Å²) in [5.41, 5.74) is 0. The fourth-order valence-electron chi connectivity index (χ4n) is 3.04. The summed E-state index contributed by atoms with van der Waals surface area (Å²) in [6, 6.07) is 0. The Kier molecular flexibility index (Phi) is 3.26. The summed E-state index contributed by atoms with van der Waals surface area (Å²) in [7, 11) is 0. The van der Waals surface area contributed by atoms with Gasteiger partial charge in [-0.05, 0) is 56.5 Å². The summed E-state index contributed by atoms with van der Waals surface area (Å²) < 4.78 is 0. The van der Waals surface area contributed by atoms with Crippen LogP contribution in [0, 0.1) is 17.8 Å². The van der Waals surface area contributed by atoms with Gasteiger partial charge in [-0.1, -0.05) is 19.8 Å². The van der Waals surface area contributed by atoms with Crippen LogP contribution in [0.25, 0.3) is 0 Å².